The van der Waals surface area contributed by atoms with Crippen LogP contribution in [0, 0.1) is 5.41 Å². The Labute approximate surface area is 126 Å². The molecule has 1 amide bonds. The molecule has 2 spiro atoms. The Morgan fingerprint density at radius 3 is 2.33 bits per heavy atom. The average molecular weight is 285 g/mol. The van der Waals surface area contributed by atoms with Gasteiger partial charge in [-0.1, -0.05) is 19.1 Å². The van der Waals surface area contributed by atoms with Crippen LogP contribution in [0.2, 0.25) is 0 Å². The third-order valence-electron chi connectivity index (χ3n) is 5.84. The quantitative estimate of drug-likeness (QED) is 0.781. The van der Waals surface area contributed by atoms with Crippen LogP contribution in [0.15, 0.2) is 24.3 Å². The predicted octanol–water partition coefficient (Wildman–Crippen LogP) is 3.32. The van der Waals surface area contributed by atoms with Crippen molar-refractivity contribution in [2.75, 3.05) is 18.1 Å². The number of carbonyl (C=O) groups excluding carboxylic acids is 1. The van der Waals surface area contributed by atoms with Crippen LogP contribution in [0.3, 0.4) is 0 Å². The van der Waals surface area contributed by atoms with E-state index in [-0.39, 0.29) is 11.0 Å². The molecule has 3 fully saturated rings. The standard InChI is InChI=1S/C18H23NO2/c1-2-14-3-5-15(6-4-14)19-12-11-17(16(19)20)7-9-18(10-8-17)13-21-18/h3-6H,2,7-13H2,1H3. The number of carbonyl (C=O) groups is 1. The number of epoxide rings is 1. The first kappa shape index (κ1) is 13.3. The Morgan fingerprint density at radius 1 is 1.10 bits per heavy atom. The van der Waals surface area contributed by atoms with E-state index in [0.717, 1.165) is 57.4 Å². The molecule has 2 aliphatic heterocycles. The van der Waals surface area contributed by atoms with E-state index in [9.17, 15) is 4.79 Å². The topological polar surface area (TPSA) is 32.8 Å². The smallest absolute Gasteiger partial charge is 0.233 e. The van der Waals surface area contributed by atoms with E-state index in [0.29, 0.717) is 5.91 Å². The normalized spacial score (nSPS) is 34.9. The van der Waals surface area contributed by atoms with E-state index in [1.807, 2.05) is 4.90 Å². The molecule has 0 bridgehead atoms. The molecular weight excluding hydrogens is 262 g/mol. The summed E-state index contributed by atoms with van der Waals surface area (Å²) in [5.74, 6) is 0.349. The Hall–Kier alpha value is -1.35. The molecule has 112 valence electrons. The Kier molecular flexibility index (Phi) is 2.90. The Bertz CT molecular complexity index is 549. The minimum Gasteiger partial charge on any atom is -0.370 e. The van der Waals surface area contributed by atoms with Gasteiger partial charge in [0.05, 0.1) is 17.6 Å². The molecule has 0 atom stereocenters. The fourth-order valence-corrected chi connectivity index (χ4v) is 4.02. The third-order valence-corrected chi connectivity index (χ3v) is 5.84. The molecule has 3 aliphatic rings. The van der Waals surface area contributed by atoms with Gasteiger partial charge in [0.15, 0.2) is 0 Å². The molecule has 4 rings (SSSR count). The van der Waals surface area contributed by atoms with Gasteiger partial charge in [0.1, 0.15) is 0 Å². The molecule has 1 saturated carbocycles. The van der Waals surface area contributed by atoms with Crippen molar-refractivity contribution in [1.82, 2.24) is 0 Å². The van der Waals surface area contributed by atoms with E-state index in [2.05, 4.69) is 31.2 Å². The molecule has 1 aliphatic carbocycles. The summed E-state index contributed by atoms with van der Waals surface area (Å²) in [6, 6.07) is 8.48. The van der Waals surface area contributed by atoms with Crippen LogP contribution in [-0.4, -0.2) is 24.7 Å². The first-order chi connectivity index (χ1) is 10.2. The van der Waals surface area contributed by atoms with E-state index in [1.165, 1.54) is 5.56 Å². The molecule has 0 aromatic heterocycles. The van der Waals surface area contributed by atoms with Crippen LogP contribution < -0.4 is 4.90 Å². The van der Waals surface area contributed by atoms with Crippen molar-refractivity contribution >= 4 is 11.6 Å². The highest BCUT2D eigenvalue weighted by Gasteiger charge is 2.56. The SMILES string of the molecule is CCc1ccc(N2CCC3(CCC4(CC3)CO4)C2=O)cc1. The lowest BCUT2D eigenvalue weighted by molar-refractivity contribution is -0.127. The van der Waals surface area contributed by atoms with Gasteiger partial charge >= 0.3 is 0 Å². The number of nitrogens with zero attached hydrogens (tertiary/aromatic N) is 1. The van der Waals surface area contributed by atoms with E-state index < -0.39 is 0 Å². The molecule has 0 N–H and O–H groups in total. The van der Waals surface area contributed by atoms with Gasteiger partial charge in [0, 0.05) is 12.2 Å². The first-order valence-corrected chi connectivity index (χ1v) is 8.21. The van der Waals surface area contributed by atoms with Gasteiger partial charge in [-0.25, -0.2) is 0 Å². The fourth-order valence-electron chi connectivity index (χ4n) is 4.02. The molecule has 0 unspecified atom stereocenters. The number of aryl methyl sites for hydroxylation is 1. The largest absolute Gasteiger partial charge is 0.370 e. The Balaban J connectivity index is 1.52. The van der Waals surface area contributed by atoms with Crippen molar-refractivity contribution in [3.8, 4) is 0 Å². The molecule has 21 heavy (non-hydrogen) atoms. The second-order valence-electron chi connectivity index (χ2n) is 6.98. The average Bonchev–Trinajstić information content (AvgIpc) is 3.22. The van der Waals surface area contributed by atoms with Crippen LogP contribution in [0.5, 0.6) is 0 Å². The van der Waals surface area contributed by atoms with Crippen LogP contribution >= 0.6 is 0 Å². The number of benzene rings is 1. The lowest BCUT2D eigenvalue weighted by atomic mass is 9.69. The molecular formula is C18H23NO2. The molecule has 1 aromatic rings. The molecule has 2 heterocycles. The minimum atomic E-state index is -0.0966. The van der Waals surface area contributed by atoms with Gasteiger partial charge in [-0.2, -0.15) is 0 Å². The van der Waals surface area contributed by atoms with Crippen LogP contribution in [0.4, 0.5) is 5.69 Å². The number of rotatable bonds is 2. The number of hydrogen-bond donors (Lipinski definition) is 0. The number of anilines is 1. The fraction of sp³-hybridized carbons (Fsp3) is 0.611. The summed E-state index contributed by atoms with van der Waals surface area (Å²) in [4.78, 5) is 15.0. The summed E-state index contributed by atoms with van der Waals surface area (Å²) in [7, 11) is 0. The third kappa shape index (κ3) is 2.10. The minimum absolute atomic E-state index is 0.0966. The monoisotopic (exact) mass is 285 g/mol. The number of hydrogen-bond acceptors (Lipinski definition) is 2. The van der Waals surface area contributed by atoms with Crippen molar-refractivity contribution in [3.05, 3.63) is 29.8 Å². The van der Waals surface area contributed by atoms with E-state index in [4.69, 9.17) is 4.74 Å². The highest BCUT2D eigenvalue weighted by atomic mass is 16.6. The van der Waals surface area contributed by atoms with E-state index in [1.54, 1.807) is 0 Å². The molecule has 3 nitrogen and oxygen atoms in total. The lowest BCUT2D eigenvalue weighted by Crippen LogP contribution is -2.39. The van der Waals surface area contributed by atoms with Gasteiger partial charge in [-0.15, -0.1) is 0 Å². The van der Waals surface area contributed by atoms with Crippen LogP contribution in [0.25, 0.3) is 0 Å². The maximum atomic E-state index is 13.0. The maximum Gasteiger partial charge on any atom is 0.233 e. The first-order valence-electron chi connectivity index (χ1n) is 8.21. The van der Waals surface area contributed by atoms with Gasteiger partial charge < -0.3 is 9.64 Å². The summed E-state index contributed by atoms with van der Waals surface area (Å²) in [6.07, 6.45) is 6.21. The zero-order valence-electron chi connectivity index (χ0n) is 12.7. The van der Waals surface area contributed by atoms with Crippen molar-refractivity contribution in [2.45, 2.75) is 51.0 Å². The lowest BCUT2D eigenvalue weighted by Gasteiger charge is -2.34. The molecule has 3 heteroatoms. The second kappa shape index (κ2) is 4.57. The van der Waals surface area contributed by atoms with Gasteiger partial charge in [-0.05, 0) is 56.2 Å². The van der Waals surface area contributed by atoms with Crippen molar-refractivity contribution in [1.29, 1.82) is 0 Å². The summed E-state index contributed by atoms with van der Waals surface area (Å²) in [5, 5.41) is 0. The summed E-state index contributed by atoms with van der Waals surface area (Å²) in [5.41, 5.74) is 2.46. The molecule has 0 radical (unpaired) electrons. The second-order valence-corrected chi connectivity index (χ2v) is 6.98. The highest BCUT2D eigenvalue weighted by Crippen LogP contribution is 2.53. The predicted molar refractivity (Wildman–Crippen MR) is 82.4 cm³/mol. The van der Waals surface area contributed by atoms with Crippen LogP contribution in [-0.2, 0) is 16.0 Å². The molecule has 2 saturated heterocycles. The summed E-state index contributed by atoms with van der Waals surface area (Å²) >= 11 is 0. The van der Waals surface area contributed by atoms with Gasteiger partial charge in [-0.3, -0.25) is 4.79 Å². The highest BCUT2D eigenvalue weighted by molar-refractivity contribution is 6.00. The van der Waals surface area contributed by atoms with E-state index >= 15 is 0 Å². The van der Waals surface area contributed by atoms with Gasteiger partial charge in [0.25, 0.3) is 0 Å². The summed E-state index contributed by atoms with van der Waals surface area (Å²) < 4.78 is 5.59. The number of ether oxygens (including phenoxy) is 1. The van der Waals surface area contributed by atoms with Crippen LogP contribution in [0.1, 0.15) is 44.6 Å². The molecule has 1 aromatic carbocycles. The van der Waals surface area contributed by atoms with Crippen molar-refractivity contribution < 1.29 is 9.53 Å². The zero-order valence-corrected chi connectivity index (χ0v) is 12.7. The zero-order chi connectivity index (χ0) is 14.5. The number of amides is 1. The Morgan fingerprint density at radius 2 is 1.76 bits per heavy atom. The van der Waals surface area contributed by atoms with Crippen molar-refractivity contribution in [3.63, 3.8) is 0 Å². The van der Waals surface area contributed by atoms with Gasteiger partial charge in [0.2, 0.25) is 5.91 Å². The van der Waals surface area contributed by atoms with Crippen molar-refractivity contribution in [2.24, 2.45) is 5.41 Å². The summed E-state index contributed by atoms with van der Waals surface area (Å²) in [6.45, 7) is 3.94. The maximum absolute atomic E-state index is 13.0.